The number of nitrogens with zero attached hydrogens (tertiary/aromatic N) is 6. The Kier molecular flexibility index (Phi) is 9.28. The third-order valence-electron chi connectivity index (χ3n) is 8.55. The topological polar surface area (TPSA) is 94.1 Å². The van der Waals surface area contributed by atoms with Crippen molar-refractivity contribution in [2.75, 3.05) is 57.8 Å². The molecule has 10 nitrogen and oxygen atoms in total. The van der Waals surface area contributed by atoms with Gasteiger partial charge in [0.1, 0.15) is 17.5 Å². The lowest BCUT2D eigenvalue weighted by Gasteiger charge is -2.44. The van der Waals surface area contributed by atoms with Crippen molar-refractivity contribution in [3.8, 4) is 17.0 Å². The number of hydrogen-bond donors (Lipinski definition) is 1. The lowest BCUT2D eigenvalue weighted by molar-refractivity contribution is -0.170. The molecule has 5 rings (SSSR count). The Morgan fingerprint density at radius 1 is 1.12 bits per heavy atom. The Morgan fingerprint density at radius 3 is 2.58 bits per heavy atom. The molecule has 2 aromatic heterocycles. The lowest BCUT2D eigenvalue weighted by atomic mass is 10.0. The highest BCUT2D eigenvalue weighted by molar-refractivity contribution is 5.99. The monoisotopic (exact) mass is 603 g/mol. The van der Waals surface area contributed by atoms with E-state index in [9.17, 15) is 22.8 Å². The molecule has 43 heavy (non-hydrogen) atoms. The SMILES string of the molecule is CCOc1cc(N2CCN(C(=O)N3CCC[C@H]3C(F)(F)F)C[C@H]2CC)c(C(=O)N[C@@H]2CCN(C)C2)nc1-c1cccnc1. The fraction of sp³-hybridized carbons (Fsp3) is 0.600. The summed E-state index contributed by atoms with van der Waals surface area (Å²) < 4.78 is 46.9. The Morgan fingerprint density at radius 2 is 1.93 bits per heavy atom. The van der Waals surface area contributed by atoms with Crippen LogP contribution in [0.15, 0.2) is 30.6 Å². The number of hydrogen-bond acceptors (Lipinski definition) is 7. The van der Waals surface area contributed by atoms with Crippen molar-refractivity contribution in [3.05, 3.63) is 36.3 Å². The maximum Gasteiger partial charge on any atom is 0.408 e. The quantitative estimate of drug-likeness (QED) is 0.511. The van der Waals surface area contributed by atoms with Gasteiger partial charge >= 0.3 is 12.2 Å². The summed E-state index contributed by atoms with van der Waals surface area (Å²) >= 11 is 0. The van der Waals surface area contributed by atoms with Gasteiger partial charge in [-0.2, -0.15) is 13.2 Å². The number of carbonyl (C=O) groups excluding carboxylic acids is 2. The van der Waals surface area contributed by atoms with E-state index in [1.165, 1.54) is 4.90 Å². The van der Waals surface area contributed by atoms with Gasteiger partial charge < -0.3 is 29.7 Å². The number of ether oxygens (including phenoxy) is 1. The number of nitrogens with one attached hydrogen (secondary N) is 1. The maximum atomic E-state index is 13.8. The van der Waals surface area contributed by atoms with E-state index in [2.05, 4.69) is 15.2 Å². The van der Waals surface area contributed by atoms with Crippen molar-refractivity contribution in [2.45, 2.75) is 63.8 Å². The highest BCUT2D eigenvalue weighted by atomic mass is 19.4. The Bertz CT molecular complexity index is 1300. The Hall–Kier alpha value is -3.61. The molecule has 5 heterocycles. The number of piperazine rings is 1. The van der Waals surface area contributed by atoms with Gasteiger partial charge in [0, 0.05) is 68.8 Å². The molecule has 3 aliphatic heterocycles. The van der Waals surface area contributed by atoms with Crippen LogP contribution in [0.3, 0.4) is 0 Å². The molecule has 13 heteroatoms. The first-order chi connectivity index (χ1) is 20.6. The maximum absolute atomic E-state index is 13.8. The van der Waals surface area contributed by atoms with E-state index in [-0.39, 0.29) is 49.7 Å². The van der Waals surface area contributed by atoms with Crippen molar-refractivity contribution in [1.82, 2.24) is 30.0 Å². The first-order valence-corrected chi connectivity index (χ1v) is 15.1. The molecular weight excluding hydrogens is 563 g/mol. The number of pyridine rings is 2. The highest BCUT2D eigenvalue weighted by Crippen LogP contribution is 2.37. The summed E-state index contributed by atoms with van der Waals surface area (Å²) in [5, 5.41) is 3.15. The van der Waals surface area contributed by atoms with Gasteiger partial charge in [0.25, 0.3) is 5.91 Å². The van der Waals surface area contributed by atoms with Gasteiger partial charge in [0.05, 0.1) is 12.3 Å². The van der Waals surface area contributed by atoms with Crippen LogP contribution in [0.2, 0.25) is 0 Å². The number of alkyl halides is 3. The number of likely N-dealkylation sites (N-methyl/N-ethyl adjacent to an activating group) is 1. The molecule has 3 fully saturated rings. The minimum atomic E-state index is -4.45. The molecule has 2 aromatic rings. The summed E-state index contributed by atoms with van der Waals surface area (Å²) in [6.45, 7) is 6.73. The summed E-state index contributed by atoms with van der Waals surface area (Å²) in [5.74, 6) is 0.197. The fourth-order valence-corrected chi connectivity index (χ4v) is 6.37. The van der Waals surface area contributed by atoms with Crippen molar-refractivity contribution in [1.29, 1.82) is 0 Å². The van der Waals surface area contributed by atoms with Gasteiger partial charge in [-0.25, -0.2) is 9.78 Å². The molecule has 3 aliphatic rings. The fourth-order valence-electron chi connectivity index (χ4n) is 6.37. The standard InChI is InChI=1S/C30H40F3N7O3/c1-4-22-19-38(29(42)40-12-7-9-25(40)30(31,32)33)14-15-39(22)23-16-24(43-5-2)26(20-8-6-11-34-17-20)36-27(23)28(41)35-21-10-13-37(3)18-21/h6,8,11,16-17,21-22,25H,4-5,7,9-10,12-15,18-19H2,1-3H3,(H,35,41)/t21-,22-,25+/m1/s1. The zero-order valence-electron chi connectivity index (χ0n) is 24.9. The zero-order chi connectivity index (χ0) is 30.7. The van der Waals surface area contributed by atoms with Crippen LogP contribution in [0.1, 0.15) is 50.0 Å². The highest BCUT2D eigenvalue weighted by Gasteiger charge is 2.49. The first kappa shape index (κ1) is 30.8. The van der Waals surface area contributed by atoms with Gasteiger partial charge in [-0.15, -0.1) is 0 Å². The largest absolute Gasteiger partial charge is 0.492 e. The van der Waals surface area contributed by atoms with Crippen LogP contribution >= 0.6 is 0 Å². The number of aromatic nitrogens is 2. The number of carbonyl (C=O) groups is 2. The summed E-state index contributed by atoms with van der Waals surface area (Å²) in [7, 11) is 2.01. The summed E-state index contributed by atoms with van der Waals surface area (Å²) in [4.78, 5) is 43.0. The van der Waals surface area contributed by atoms with Gasteiger partial charge in [-0.3, -0.25) is 9.78 Å². The average molecular weight is 604 g/mol. The average Bonchev–Trinajstić information content (AvgIpc) is 3.66. The first-order valence-electron chi connectivity index (χ1n) is 15.1. The van der Waals surface area contributed by atoms with Crippen LogP contribution in [0.4, 0.5) is 23.7 Å². The second-order valence-electron chi connectivity index (χ2n) is 11.5. The molecule has 0 spiro atoms. The van der Waals surface area contributed by atoms with Crippen LogP contribution in [0, 0.1) is 0 Å². The van der Waals surface area contributed by atoms with Gasteiger partial charge in [-0.1, -0.05) is 6.92 Å². The minimum absolute atomic E-state index is 0.0148. The molecule has 3 atom stereocenters. The number of likely N-dealkylation sites (tertiary alicyclic amines) is 2. The molecule has 0 saturated carbocycles. The molecule has 3 saturated heterocycles. The number of urea groups is 1. The minimum Gasteiger partial charge on any atom is -0.492 e. The molecule has 3 amide bonds. The molecule has 0 radical (unpaired) electrons. The van der Waals surface area contributed by atoms with Gasteiger partial charge in [0.2, 0.25) is 0 Å². The predicted molar refractivity (Wildman–Crippen MR) is 156 cm³/mol. The number of rotatable bonds is 7. The molecule has 1 N–H and O–H groups in total. The van der Waals surface area contributed by atoms with Crippen LogP contribution < -0.4 is 15.0 Å². The second-order valence-corrected chi connectivity index (χ2v) is 11.5. The van der Waals surface area contributed by atoms with E-state index in [0.717, 1.165) is 24.4 Å². The number of anilines is 1. The zero-order valence-corrected chi connectivity index (χ0v) is 24.9. The molecule has 0 bridgehead atoms. The summed E-state index contributed by atoms with van der Waals surface area (Å²) in [5.41, 5.74) is 2.03. The van der Waals surface area contributed by atoms with E-state index in [1.54, 1.807) is 18.5 Å². The smallest absolute Gasteiger partial charge is 0.408 e. The van der Waals surface area contributed by atoms with E-state index in [4.69, 9.17) is 9.72 Å². The Balaban J connectivity index is 1.47. The van der Waals surface area contributed by atoms with Crippen LogP contribution in [-0.4, -0.2) is 114 Å². The van der Waals surface area contributed by atoms with E-state index < -0.39 is 18.2 Å². The third kappa shape index (κ3) is 6.66. The molecule has 0 aliphatic carbocycles. The molecule has 0 aromatic carbocycles. The van der Waals surface area contributed by atoms with Crippen molar-refractivity contribution in [2.24, 2.45) is 0 Å². The van der Waals surface area contributed by atoms with E-state index in [1.807, 2.05) is 37.9 Å². The van der Waals surface area contributed by atoms with Crippen LogP contribution in [0.5, 0.6) is 5.75 Å². The number of amides is 3. The van der Waals surface area contributed by atoms with E-state index >= 15 is 0 Å². The van der Waals surface area contributed by atoms with Gasteiger partial charge in [-0.05, 0) is 58.3 Å². The van der Waals surface area contributed by atoms with Crippen LogP contribution in [0.25, 0.3) is 11.3 Å². The molecule has 0 unspecified atom stereocenters. The summed E-state index contributed by atoms with van der Waals surface area (Å²) in [6, 6.07) is 2.89. The van der Waals surface area contributed by atoms with Crippen molar-refractivity contribution >= 4 is 17.6 Å². The summed E-state index contributed by atoms with van der Waals surface area (Å²) in [6.07, 6.45) is 0.575. The third-order valence-corrected chi connectivity index (χ3v) is 8.55. The van der Waals surface area contributed by atoms with Crippen molar-refractivity contribution < 1.29 is 27.5 Å². The molecular formula is C30H40F3N7O3. The van der Waals surface area contributed by atoms with Gasteiger partial charge in [0.15, 0.2) is 5.69 Å². The number of halogens is 3. The van der Waals surface area contributed by atoms with Crippen molar-refractivity contribution in [3.63, 3.8) is 0 Å². The van der Waals surface area contributed by atoms with Crippen LogP contribution in [-0.2, 0) is 0 Å². The lowest BCUT2D eigenvalue weighted by Crippen LogP contribution is -2.59. The second kappa shape index (κ2) is 12.9. The molecule has 234 valence electrons. The predicted octanol–water partition coefficient (Wildman–Crippen LogP) is 4.02. The Labute approximate surface area is 250 Å². The van der Waals surface area contributed by atoms with E-state index in [0.29, 0.717) is 48.7 Å². The normalized spacial score (nSPS) is 23.1.